The zero-order chi connectivity index (χ0) is 22.7. The maximum atomic E-state index is 12.4. The Balaban J connectivity index is 1.65. The van der Waals surface area contributed by atoms with E-state index in [0.717, 1.165) is 23.5 Å². The Kier molecular flexibility index (Phi) is 6.47. The molecule has 168 valence electrons. The third-order valence-electron chi connectivity index (χ3n) is 5.03. The molecule has 0 saturated carbocycles. The van der Waals surface area contributed by atoms with Crippen LogP contribution in [0.1, 0.15) is 5.56 Å². The van der Waals surface area contributed by atoms with Gasteiger partial charge < -0.3 is 20.3 Å². The summed E-state index contributed by atoms with van der Waals surface area (Å²) in [6, 6.07) is 12.5. The van der Waals surface area contributed by atoms with Gasteiger partial charge in [0, 0.05) is 30.5 Å². The lowest BCUT2D eigenvalue weighted by Crippen LogP contribution is -2.20. The van der Waals surface area contributed by atoms with Crippen molar-refractivity contribution in [1.29, 1.82) is 0 Å². The first-order valence-electron chi connectivity index (χ1n) is 9.89. The minimum atomic E-state index is -3.67. The van der Waals surface area contributed by atoms with E-state index in [1.54, 1.807) is 18.2 Å². The fourth-order valence-corrected chi connectivity index (χ4v) is 4.31. The average molecular weight is 475 g/mol. The minimum absolute atomic E-state index is 0.0883. The molecule has 2 heterocycles. The molecule has 1 aromatic heterocycles. The normalized spacial score (nSPS) is 13.6. The number of fused-ring (bicyclic) bond motifs is 1. The third-order valence-corrected chi connectivity index (χ3v) is 6.77. The summed E-state index contributed by atoms with van der Waals surface area (Å²) in [6.07, 6.45) is 1.48. The molecule has 0 aliphatic carbocycles. The molecule has 0 radical (unpaired) electrons. The lowest BCUT2D eigenvalue weighted by atomic mass is 10.1. The Labute approximate surface area is 191 Å². The molecule has 0 saturated heterocycles. The zero-order valence-electron chi connectivity index (χ0n) is 17.6. The van der Waals surface area contributed by atoms with Gasteiger partial charge in [0.1, 0.15) is 9.92 Å². The highest BCUT2D eigenvalue weighted by atomic mass is 35.5. The molecule has 0 amide bonds. The van der Waals surface area contributed by atoms with Gasteiger partial charge in [0.2, 0.25) is 16.0 Å². The number of halogens is 1. The summed E-state index contributed by atoms with van der Waals surface area (Å²) in [7, 11) is -0.465. The molecule has 32 heavy (non-hydrogen) atoms. The quantitative estimate of drug-likeness (QED) is 0.498. The van der Waals surface area contributed by atoms with Crippen LogP contribution in [0.3, 0.4) is 0 Å². The molecule has 11 heteroatoms. The Hall–Kier alpha value is -2.92. The third kappa shape index (κ3) is 4.63. The molecule has 1 aliphatic heterocycles. The number of hydrogen-bond acceptors (Lipinski definition) is 8. The van der Waals surface area contributed by atoms with Gasteiger partial charge in [0.15, 0.2) is 5.82 Å². The first kappa shape index (κ1) is 22.3. The van der Waals surface area contributed by atoms with Crippen molar-refractivity contribution >= 4 is 50.5 Å². The van der Waals surface area contributed by atoms with E-state index in [1.165, 1.54) is 19.3 Å². The van der Waals surface area contributed by atoms with Gasteiger partial charge in [-0.15, -0.1) is 0 Å². The number of nitrogens with one attached hydrogen (secondary N) is 3. The Morgan fingerprint density at radius 3 is 2.84 bits per heavy atom. The Morgan fingerprint density at radius 2 is 2.03 bits per heavy atom. The summed E-state index contributed by atoms with van der Waals surface area (Å²) in [6.45, 7) is 1.94. The molecule has 2 aromatic carbocycles. The van der Waals surface area contributed by atoms with E-state index < -0.39 is 10.0 Å². The van der Waals surface area contributed by atoms with Crippen molar-refractivity contribution in [3.05, 3.63) is 59.2 Å². The van der Waals surface area contributed by atoms with Gasteiger partial charge in [-0.3, -0.25) is 0 Å². The summed E-state index contributed by atoms with van der Waals surface area (Å²) >= 11 is 6.31. The fraction of sp³-hybridized carbons (Fsp3) is 0.238. The number of benzene rings is 2. The Morgan fingerprint density at radius 1 is 1.22 bits per heavy atom. The molecule has 1 aliphatic rings. The van der Waals surface area contributed by atoms with Crippen LogP contribution in [0.15, 0.2) is 53.6 Å². The van der Waals surface area contributed by atoms with Gasteiger partial charge in [-0.1, -0.05) is 23.7 Å². The highest BCUT2D eigenvalue weighted by molar-refractivity contribution is 7.89. The van der Waals surface area contributed by atoms with Gasteiger partial charge >= 0.3 is 0 Å². The predicted octanol–water partition coefficient (Wildman–Crippen LogP) is 3.49. The van der Waals surface area contributed by atoms with Crippen LogP contribution in [0.2, 0.25) is 5.02 Å². The van der Waals surface area contributed by atoms with Crippen LogP contribution in [0.4, 0.5) is 28.8 Å². The van der Waals surface area contributed by atoms with E-state index >= 15 is 0 Å². The molecule has 0 bridgehead atoms. The molecule has 0 unspecified atom stereocenters. The van der Waals surface area contributed by atoms with Crippen LogP contribution in [0, 0.1) is 0 Å². The smallest absolute Gasteiger partial charge is 0.242 e. The van der Waals surface area contributed by atoms with Crippen LogP contribution in [-0.4, -0.2) is 45.6 Å². The summed E-state index contributed by atoms with van der Waals surface area (Å²) in [4.78, 5) is 10.8. The van der Waals surface area contributed by atoms with Crippen molar-refractivity contribution in [2.45, 2.75) is 11.5 Å². The topological polar surface area (TPSA) is 108 Å². The molecule has 0 atom stereocenters. The molecule has 0 spiro atoms. The van der Waals surface area contributed by atoms with Crippen LogP contribution < -0.4 is 20.3 Å². The largest absolute Gasteiger partial charge is 0.382 e. The van der Waals surface area contributed by atoms with Gasteiger partial charge in [-0.25, -0.2) is 18.1 Å². The second kappa shape index (κ2) is 9.29. The Bertz CT molecular complexity index is 1240. The second-order valence-electron chi connectivity index (χ2n) is 7.08. The molecular weight excluding hydrogens is 452 g/mol. The van der Waals surface area contributed by atoms with Gasteiger partial charge in [-0.05, 0) is 37.4 Å². The number of ether oxygens (including phenoxy) is 1. The lowest BCUT2D eigenvalue weighted by molar-refractivity contribution is 0.135. The molecule has 0 fully saturated rings. The van der Waals surface area contributed by atoms with E-state index in [2.05, 4.69) is 25.3 Å². The SMILES string of the molecule is CNS(=O)(=O)c1ccccc1Nc1nc(N(C)c2ccc3c(c2)COCCN3)ncc1Cl. The summed E-state index contributed by atoms with van der Waals surface area (Å²) in [5.74, 6) is 0.690. The standard InChI is InChI=1S/C21H23ClN6O3S/c1-23-32(29,30)19-6-4-3-5-18(19)26-20-16(22)12-25-21(27-20)28(2)15-7-8-17-14(11-15)13-31-10-9-24-17/h3-8,11-12,23-24H,9-10,13H2,1-2H3,(H,25,26,27). The summed E-state index contributed by atoms with van der Waals surface area (Å²) in [5.41, 5.74) is 3.32. The molecule has 3 N–H and O–H groups in total. The van der Waals surface area contributed by atoms with E-state index in [-0.39, 0.29) is 9.92 Å². The maximum Gasteiger partial charge on any atom is 0.242 e. The van der Waals surface area contributed by atoms with E-state index in [4.69, 9.17) is 16.3 Å². The summed E-state index contributed by atoms with van der Waals surface area (Å²) in [5, 5.41) is 6.63. The van der Waals surface area contributed by atoms with Crippen molar-refractivity contribution in [2.24, 2.45) is 0 Å². The number of para-hydroxylation sites is 1. The van der Waals surface area contributed by atoms with E-state index in [9.17, 15) is 8.42 Å². The zero-order valence-corrected chi connectivity index (χ0v) is 19.2. The summed E-state index contributed by atoms with van der Waals surface area (Å²) < 4.78 is 32.7. The fourth-order valence-electron chi connectivity index (χ4n) is 3.28. The number of aromatic nitrogens is 2. The van der Waals surface area contributed by atoms with Crippen molar-refractivity contribution in [1.82, 2.24) is 14.7 Å². The van der Waals surface area contributed by atoms with Gasteiger partial charge in [0.05, 0.1) is 25.1 Å². The number of sulfonamides is 1. The highest BCUT2D eigenvalue weighted by Crippen LogP contribution is 2.31. The number of nitrogens with zero attached hydrogens (tertiary/aromatic N) is 3. The number of rotatable bonds is 6. The molecule has 4 rings (SSSR count). The first-order valence-corrected chi connectivity index (χ1v) is 11.8. The number of hydrogen-bond donors (Lipinski definition) is 3. The lowest BCUT2D eigenvalue weighted by Gasteiger charge is -2.20. The second-order valence-corrected chi connectivity index (χ2v) is 9.34. The van der Waals surface area contributed by atoms with E-state index in [1.807, 2.05) is 30.1 Å². The van der Waals surface area contributed by atoms with Crippen molar-refractivity contribution < 1.29 is 13.2 Å². The molecular formula is C21H23ClN6O3S. The van der Waals surface area contributed by atoms with Crippen LogP contribution in [0.5, 0.6) is 0 Å². The van der Waals surface area contributed by atoms with Crippen LogP contribution in [-0.2, 0) is 21.4 Å². The van der Waals surface area contributed by atoms with Crippen molar-refractivity contribution in [3.63, 3.8) is 0 Å². The molecule has 9 nitrogen and oxygen atoms in total. The maximum absolute atomic E-state index is 12.4. The van der Waals surface area contributed by atoms with Gasteiger partial charge in [0.25, 0.3) is 0 Å². The van der Waals surface area contributed by atoms with Crippen molar-refractivity contribution in [2.75, 3.05) is 42.8 Å². The van der Waals surface area contributed by atoms with E-state index in [0.29, 0.717) is 30.7 Å². The predicted molar refractivity (Wildman–Crippen MR) is 126 cm³/mol. The van der Waals surface area contributed by atoms with Gasteiger partial charge in [-0.2, -0.15) is 4.98 Å². The van der Waals surface area contributed by atoms with Crippen molar-refractivity contribution in [3.8, 4) is 0 Å². The average Bonchev–Trinajstić information content (AvgIpc) is 3.05. The van der Waals surface area contributed by atoms with Crippen LogP contribution >= 0.6 is 11.6 Å². The molecule has 3 aromatic rings. The monoisotopic (exact) mass is 474 g/mol. The van der Waals surface area contributed by atoms with Crippen LogP contribution in [0.25, 0.3) is 0 Å². The first-order chi connectivity index (χ1) is 15.4. The number of anilines is 5. The highest BCUT2D eigenvalue weighted by Gasteiger charge is 2.19. The minimum Gasteiger partial charge on any atom is -0.382 e.